The second kappa shape index (κ2) is 5.66. The van der Waals surface area contributed by atoms with Gasteiger partial charge in [0.25, 0.3) is 0 Å². The smallest absolute Gasteiger partial charge is 0.377 e. The van der Waals surface area contributed by atoms with E-state index in [1.807, 2.05) is 30.3 Å². The molecule has 2 aromatic rings. The molecule has 1 N–H and O–H groups in total. The number of fused-ring (bicyclic) bond motifs is 3. The normalized spacial score (nSPS) is 25.1. The maximum atomic E-state index is 13.4. The summed E-state index contributed by atoms with van der Waals surface area (Å²) < 4.78 is 41.3. The summed E-state index contributed by atoms with van der Waals surface area (Å²) in [5.41, 5.74) is 1.41. The zero-order valence-corrected chi connectivity index (χ0v) is 14.2. The Bertz CT molecular complexity index is 795. The van der Waals surface area contributed by atoms with E-state index in [-0.39, 0.29) is 23.6 Å². The van der Waals surface area contributed by atoms with Gasteiger partial charge in [-0.25, -0.2) is 0 Å². The first kappa shape index (κ1) is 15.8. The number of hydrogen-bond donors (Lipinski definition) is 1. The molecule has 24 heavy (non-hydrogen) atoms. The van der Waals surface area contributed by atoms with E-state index in [0.717, 1.165) is 28.1 Å². The van der Waals surface area contributed by atoms with Crippen LogP contribution < -0.4 is 5.32 Å². The van der Waals surface area contributed by atoms with Gasteiger partial charge in [-0.3, -0.25) is 0 Å². The lowest BCUT2D eigenvalue weighted by Gasteiger charge is -2.38. The third kappa shape index (κ3) is 2.55. The summed E-state index contributed by atoms with van der Waals surface area (Å²) in [6, 6.07) is 12.1. The van der Waals surface area contributed by atoms with E-state index in [1.54, 1.807) is 0 Å². The average Bonchev–Trinajstić information content (AvgIpc) is 3.03. The molecule has 1 nitrogen and oxygen atoms in total. The number of allylic oxidation sites excluding steroid dienone is 2. The van der Waals surface area contributed by atoms with Gasteiger partial charge >= 0.3 is 6.18 Å². The molecule has 0 radical (unpaired) electrons. The number of rotatable bonds is 1. The van der Waals surface area contributed by atoms with Gasteiger partial charge in [0.2, 0.25) is 0 Å². The predicted octanol–water partition coefficient (Wildman–Crippen LogP) is 6.29. The van der Waals surface area contributed by atoms with Crippen LogP contribution in [-0.4, -0.2) is 0 Å². The highest BCUT2D eigenvalue weighted by atomic mass is 79.9. The molecule has 1 heterocycles. The summed E-state index contributed by atoms with van der Waals surface area (Å²) in [6.45, 7) is 0. The number of halogens is 4. The Kier molecular flexibility index (Phi) is 3.71. The number of nitrogens with one attached hydrogen (secondary N) is 1. The quantitative estimate of drug-likeness (QED) is 0.561. The van der Waals surface area contributed by atoms with Crippen molar-refractivity contribution in [1.29, 1.82) is 0 Å². The fourth-order valence-electron chi connectivity index (χ4n) is 3.86. The third-order valence-corrected chi connectivity index (χ3v) is 5.46. The predicted molar refractivity (Wildman–Crippen MR) is 91.9 cm³/mol. The van der Waals surface area contributed by atoms with Crippen LogP contribution in [-0.2, 0) is 6.18 Å². The molecule has 1 aliphatic carbocycles. The van der Waals surface area contributed by atoms with E-state index in [0.29, 0.717) is 0 Å². The largest absolute Gasteiger partial charge is 0.418 e. The van der Waals surface area contributed by atoms with Crippen LogP contribution >= 0.6 is 15.9 Å². The Balaban J connectivity index is 1.84. The minimum Gasteiger partial charge on any atom is -0.377 e. The van der Waals surface area contributed by atoms with Crippen molar-refractivity contribution in [2.24, 2.45) is 5.92 Å². The van der Waals surface area contributed by atoms with Crippen molar-refractivity contribution in [3.8, 4) is 0 Å². The zero-order chi connectivity index (χ0) is 16.9. The van der Waals surface area contributed by atoms with Crippen molar-refractivity contribution < 1.29 is 13.2 Å². The minimum absolute atomic E-state index is 0.0252. The van der Waals surface area contributed by atoms with Crippen LogP contribution in [0.1, 0.15) is 35.1 Å². The molecule has 0 saturated carbocycles. The Morgan fingerprint density at radius 2 is 1.79 bits per heavy atom. The first-order chi connectivity index (χ1) is 11.4. The number of benzene rings is 2. The molecule has 0 amide bonds. The third-order valence-electron chi connectivity index (χ3n) is 4.93. The molecular weight excluding hydrogens is 379 g/mol. The van der Waals surface area contributed by atoms with Crippen molar-refractivity contribution in [1.82, 2.24) is 0 Å². The second-order valence-electron chi connectivity index (χ2n) is 6.29. The summed E-state index contributed by atoms with van der Waals surface area (Å²) in [5.74, 6) is 0.263. The standard InChI is InChI=1S/C19H15BrF3N/c20-12-9-7-11(8-10-12)17-14-4-1-3-13(14)15-5-2-6-16(18(15)24-17)19(21,22)23/h1-3,5-10,13-14,17,24H,4H2/t13-,14+,17+/m1/s1. The van der Waals surface area contributed by atoms with E-state index < -0.39 is 11.7 Å². The summed E-state index contributed by atoms with van der Waals surface area (Å²) in [7, 11) is 0. The van der Waals surface area contributed by atoms with Crippen molar-refractivity contribution in [2.75, 3.05) is 5.32 Å². The van der Waals surface area contributed by atoms with E-state index in [9.17, 15) is 13.2 Å². The van der Waals surface area contributed by atoms with E-state index in [4.69, 9.17) is 0 Å². The molecule has 124 valence electrons. The Hall–Kier alpha value is -1.75. The molecule has 0 bridgehead atoms. The van der Waals surface area contributed by atoms with Crippen LogP contribution in [0.2, 0.25) is 0 Å². The highest BCUT2D eigenvalue weighted by Crippen LogP contribution is 2.52. The molecule has 2 aromatic carbocycles. The monoisotopic (exact) mass is 393 g/mol. The van der Waals surface area contributed by atoms with Crippen LogP contribution in [0.5, 0.6) is 0 Å². The first-order valence-corrected chi connectivity index (χ1v) is 8.63. The fraction of sp³-hybridized carbons (Fsp3) is 0.263. The van der Waals surface area contributed by atoms with Gasteiger partial charge in [-0.2, -0.15) is 13.2 Å². The molecule has 1 aliphatic heterocycles. The maximum Gasteiger partial charge on any atom is 0.418 e. The Labute approximate surface area is 146 Å². The van der Waals surface area contributed by atoms with Gasteiger partial charge < -0.3 is 5.32 Å². The fourth-order valence-corrected chi connectivity index (χ4v) is 4.12. The molecule has 0 fully saturated rings. The van der Waals surface area contributed by atoms with Crippen molar-refractivity contribution >= 4 is 21.6 Å². The number of alkyl halides is 3. The molecule has 5 heteroatoms. The zero-order valence-electron chi connectivity index (χ0n) is 12.6. The average molecular weight is 394 g/mol. The molecule has 0 aromatic heterocycles. The van der Waals surface area contributed by atoms with Gasteiger partial charge in [0, 0.05) is 10.4 Å². The topological polar surface area (TPSA) is 12.0 Å². The lowest BCUT2D eigenvalue weighted by molar-refractivity contribution is -0.137. The Morgan fingerprint density at radius 1 is 1.04 bits per heavy atom. The van der Waals surface area contributed by atoms with Crippen LogP contribution in [0.4, 0.5) is 18.9 Å². The van der Waals surface area contributed by atoms with E-state index >= 15 is 0 Å². The number of anilines is 1. The van der Waals surface area contributed by atoms with Crippen molar-refractivity contribution in [2.45, 2.75) is 24.6 Å². The molecule has 2 aliphatic rings. The molecule has 0 saturated heterocycles. The maximum absolute atomic E-state index is 13.4. The molecule has 0 unspecified atom stereocenters. The van der Waals surface area contributed by atoms with Gasteiger partial charge in [0.1, 0.15) is 0 Å². The summed E-state index contributed by atoms with van der Waals surface area (Å²) >= 11 is 3.41. The molecule has 4 rings (SSSR count). The summed E-state index contributed by atoms with van der Waals surface area (Å²) in [5, 5.41) is 3.20. The van der Waals surface area contributed by atoms with E-state index in [1.165, 1.54) is 6.07 Å². The highest BCUT2D eigenvalue weighted by molar-refractivity contribution is 9.10. The molecular formula is C19H15BrF3N. The first-order valence-electron chi connectivity index (χ1n) is 7.84. The van der Waals surface area contributed by atoms with Gasteiger partial charge in [0.05, 0.1) is 17.3 Å². The van der Waals surface area contributed by atoms with Crippen LogP contribution in [0.25, 0.3) is 0 Å². The SMILES string of the molecule is FC(F)(F)c1cccc2c1N[C@@H](c1ccc(Br)cc1)[C@H]1CC=C[C@@H]21. The summed E-state index contributed by atoms with van der Waals surface area (Å²) in [6.07, 6.45) is 0.639. The van der Waals surface area contributed by atoms with Gasteiger partial charge in [-0.05, 0) is 41.7 Å². The van der Waals surface area contributed by atoms with Gasteiger partial charge in [-0.15, -0.1) is 0 Å². The Morgan fingerprint density at radius 3 is 2.50 bits per heavy atom. The van der Waals surface area contributed by atoms with E-state index in [2.05, 4.69) is 33.4 Å². The van der Waals surface area contributed by atoms with Crippen molar-refractivity contribution in [3.63, 3.8) is 0 Å². The van der Waals surface area contributed by atoms with Crippen LogP contribution in [0, 0.1) is 5.92 Å². The minimum atomic E-state index is -4.36. The van der Waals surface area contributed by atoms with Gasteiger partial charge in [0.15, 0.2) is 0 Å². The molecule has 3 atom stereocenters. The lowest BCUT2D eigenvalue weighted by Crippen LogP contribution is -2.30. The lowest BCUT2D eigenvalue weighted by atomic mass is 9.76. The second-order valence-corrected chi connectivity index (χ2v) is 7.21. The molecule has 0 spiro atoms. The number of para-hydroxylation sites is 1. The van der Waals surface area contributed by atoms with Crippen LogP contribution in [0.15, 0.2) is 59.1 Å². The van der Waals surface area contributed by atoms with Gasteiger partial charge in [-0.1, -0.05) is 52.3 Å². The summed E-state index contributed by atoms with van der Waals surface area (Å²) in [4.78, 5) is 0. The number of hydrogen-bond acceptors (Lipinski definition) is 1. The highest BCUT2D eigenvalue weighted by Gasteiger charge is 2.42. The van der Waals surface area contributed by atoms with Crippen molar-refractivity contribution in [3.05, 3.63) is 75.8 Å². The van der Waals surface area contributed by atoms with Crippen LogP contribution in [0.3, 0.4) is 0 Å².